The van der Waals surface area contributed by atoms with Crippen LogP contribution in [0, 0.1) is 0 Å². The minimum absolute atomic E-state index is 0. The van der Waals surface area contributed by atoms with Gasteiger partial charge in [-0.3, -0.25) is 4.55 Å². The summed E-state index contributed by atoms with van der Waals surface area (Å²) in [6.07, 6.45) is -1.02. The molecular formula is C4H10ClNaO5S. The van der Waals surface area contributed by atoms with Gasteiger partial charge >= 0.3 is 40.0 Å². The molecule has 0 amide bonds. The van der Waals surface area contributed by atoms with Crippen LogP contribution in [-0.2, 0) is 14.6 Å². The third-order valence-electron chi connectivity index (χ3n) is 0.817. The second-order valence-corrected chi connectivity index (χ2v) is 3.24. The zero-order valence-corrected chi connectivity index (χ0v) is 10.2. The molecule has 70 valence electrons. The maximum Gasteiger partial charge on any atom is 1.00 e. The van der Waals surface area contributed by atoms with Gasteiger partial charge in [-0.15, -0.1) is 11.6 Å². The van der Waals surface area contributed by atoms with E-state index < -0.39 is 16.7 Å². The minimum atomic E-state index is -4.55. The Morgan fingerprint density at radius 2 is 2.08 bits per heavy atom. The van der Waals surface area contributed by atoms with E-state index in [-0.39, 0.29) is 37.4 Å². The molecule has 8 heteroatoms. The fourth-order valence-electron chi connectivity index (χ4n) is 0.440. The smallest absolute Gasteiger partial charge is 1.00 e. The molecule has 0 aromatic carbocycles. The number of halogens is 1. The number of aliphatic hydroxyl groups excluding tert-OH is 1. The van der Waals surface area contributed by atoms with Crippen LogP contribution in [0.5, 0.6) is 0 Å². The number of hydrogen-bond donors (Lipinski definition) is 2. The number of alkyl halides is 1. The molecule has 1 unspecified atom stereocenters. The third kappa shape index (κ3) is 11.1. The van der Waals surface area contributed by atoms with Gasteiger partial charge < -0.3 is 6.53 Å². The van der Waals surface area contributed by atoms with Gasteiger partial charge in [-0.25, -0.2) is 4.18 Å². The number of rotatable bonds is 5. The predicted octanol–water partition coefficient (Wildman–Crippen LogP) is -2.74. The molecule has 0 aromatic rings. The molecule has 0 aliphatic heterocycles. The zero-order valence-electron chi connectivity index (χ0n) is 7.60. The average Bonchev–Trinajstić information content (AvgIpc) is 1.79. The first kappa shape index (κ1) is 15.6. The van der Waals surface area contributed by atoms with E-state index in [1.165, 1.54) is 0 Å². The van der Waals surface area contributed by atoms with Crippen molar-refractivity contribution >= 4 is 22.0 Å². The Kier molecular flexibility index (Phi) is 9.76. The van der Waals surface area contributed by atoms with Crippen molar-refractivity contribution in [1.82, 2.24) is 0 Å². The fraction of sp³-hybridized carbons (Fsp3) is 1.00. The molecule has 0 radical (unpaired) electrons. The molecule has 0 aliphatic rings. The van der Waals surface area contributed by atoms with Gasteiger partial charge in [-0.1, -0.05) is 0 Å². The van der Waals surface area contributed by atoms with Gasteiger partial charge in [0, 0.05) is 12.3 Å². The van der Waals surface area contributed by atoms with Crippen molar-refractivity contribution in [1.29, 1.82) is 0 Å². The molecular weight excluding hydrogens is 219 g/mol. The van der Waals surface area contributed by atoms with Crippen molar-refractivity contribution in [3.05, 3.63) is 0 Å². The van der Waals surface area contributed by atoms with Crippen molar-refractivity contribution in [3.8, 4) is 0 Å². The van der Waals surface area contributed by atoms with Crippen LogP contribution in [0.3, 0.4) is 0 Å². The van der Waals surface area contributed by atoms with Crippen molar-refractivity contribution in [2.45, 2.75) is 19.1 Å². The molecule has 0 aromatic heterocycles. The van der Waals surface area contributed by atoms with Crippen LogP contribution in [0.4, 0.5) is 0 Å². The molecule has 0 rings (SSSR count). The number of hydrogen-bond acceptors (Lipinski definition) is 4. The normalized spacial score (nSPS) is 13.6. The van der Waals surface area contributed by atoms with Gasteiger partial charge in [-0.05, 0) is 6.42 Å². The first-order chi connectivity index (χ1) is 4.95. The first-order valence-electron chi connectivity index (χ1n) is 2.85. The van der Waals surface area contributed by atoms with E-state index in [1.54, 1.807) is 0 Å². The van der Waals surface area contributed by atoms with E-state index in [2.05, 4.69) is 4.18 Å². The summed E-state index contributed by atoms with van der Waals surface area (Å²) in [5, 5.41) is 8.70. The zero-order chi connectivity index (χ0) is 8.91. The van der Waals surface area contributed by atoms with Crippen molar-refractivity contribution in [2.24, 2.45) is 0 Å². The molecule has 1 atom stereocenters. The van der Waals surface area contributed by atoms with Crippen LogP contribution in [0.15, 0.2) is 0 Å². The maximum atomic E-state index is 9.95. The Bertz CT molecular complexity index is 199. The van der Waals surface area contributed by atoms with Gasteiger partial charge in [0.15, 0.2) is 6.29 Å². The SMILES string of the molecule is O=S(=O)(O)OC(O)CCCCl.[H-].[Na+]. The average molecular weight is 229 g/mol. The quantitative estimate of drug-likeness (QED) is 0.231. The minimum Gasteiger partial charge on any atom is -1.00 e. The molecule has 0 aliphatic carbocycles. The van der Waals surface area contributed by atoms with E-state index >= 15 is 0 Å². The molecule has 5 nitrogen and oxygen atoms in total. The summed E-state index contributed by atoms with van der Waals surface area (Å²) in [5.41, 5.74) is 0. The Morgan fingerprint density at radius 3 is 2.42 bits per heavy atom. The Balaban J connectivity index is -0.000000500. The molecule has 0 spiro atoms. The van der Waals surface area contributed by atoms with Crippen LogP contribution in [0.2, 0.25) is 0 Å². The summed E-state index contributed by atoms with van der Waals surface area (Å²) < 4.78 is 31.7. The monoisotopic (exact) mass is 228 g/mol. The second kappa shape index (κ2) is 7.52. The standard InChI is InChI=1S/C4H9ClO5S.Na.H/c5-3-1-2-4(6)10-11(7,8)9;;/h4,6H,1-3H2,(H,7,8,9);;/q;+1;-1. The summed E-state index contributed by atoms with van der Waals surface area (Å²) in [6.45, 7) is 0. The Labute approximate surface area is 99.8 Å². The predicted molar refractivity (Wildman–Crippen MR) is 39.7 cm³/mol. The maximum absolute atomic E-state index is 9.95. The third-order valence-corrected chi connectivity index (χ3v) is 1.55. The summed E-state index contributed by atoms with van der Waals surface area (Å²) >= 11 is 5.24. The van der Waals surface area contributed by atoms with Crippen molar-refractivity contribution in [3.63, 3.8) is 0 Å². The molecule has 0 fully saturated rings. The summed E-state index contributed by atoms with van der Waals surface area (Å²) in [5.74, 6) is 0.298. The van der Waals surface area contributed by atoms with Crippen LogP contribution >= 0.6 is 11.6 Å². The van der Waals surface area contributed by atoms with Gasteiger partial charge in [-0.2, -0.15) is 8.42 Å². The van der Waals surface area contributed by atoms with Gasteiger partial charge in [0.1, 0.15) is 0 Å². The molecule has 2 N–H and O–H groups in total. The van der Waals surface area contributed by atoms with Crippen LogP contribution in [0.1, 0.15) is 14.3 Å². The topological polar surface area (TPSA) is 83.8 Å². The largest absolute Gasteiger partial charge is 1.00 e. The van der Waals surface area contributed by atoms with Crippen molar-refractivity contribution in [2.75, 3.05) is 5.88 Å². The molecule has 12 heavy (non-hydrogen) atoms. The van der Waals surface area contributed by atoms with Gasteiger partial charge in [0.2, 0.25) is 0 Å². The molecule has 0 heterocycles. The van der Waals surface area contributed by atoms with E-state index in [0.29, 0.717) is 12.3 Å². The van der Waals surface area contributed by atoms with Crippen LogP contribution < -0.4 is 29.6 Å². The van der Waals surface area contributed by atoms with Crippen molar-refractivity contribution < 1.29 is 53.2 Å². The van der Waals surface area contributed by atoms with E-state index in [9.17, 15) is 8.42 Å². The Hall–Kier alpha value is 1.12. The fourth-order valence-corrected chi connectivity index (χ4v) is 0.972. The van der Waals surface area contributed by atoms with E-state index in [0.717, 1.165) is 0 Å². The van der Waals surface area contributed by atoms with E-state index in [1.807, 2.05) is 0 Å². The second-order valence-electron chi connectivity index (χ2n) is 1.81. The summed E-state index contributed by atoms with van der Waals surface area (Å²) in [4.78, 5) is 0. The molecule has 0 bridgehead atoms. The Morgan fingerprint density at radius 1 is 1.58 bits per heavy atom. The van der Waals surface area contributed by atoms with Gasteiger partial charge in [0.25, 0.3) is 0 Å². The molecule has 0 saturated heterocycles. The van der Waals surface area contributed by atoms with Crippen LogP contribution in [-0.4, -0.2) is 30.2 Å². The summed E-state index contributed by atoms with van der Waals surface area (Å²) in [6, 6.07) is 0. The van der Waals surface area contributed by atoms with Gasteiger partial charge in [0.05, 0.1) is 0 Å². The first-order valence-corrected chi connectivity index (χ1v) is 4.75. The number of aliphatic hydroxyl groups is 1. The van der Waals surface area contributed by atoms with E-state index in [4.69, 9.17) is 21.3 Å². The summed E-state index contributed by atoms with van der Waals surface area (Å²) in [7, 11) is -4.55. The molecule has 0 saturated carbocycles. The van der Waals surface area contributed by atoms with Crippen LogP contribution in [0.25, 0.3) is 0 Å².